The lowest BCUT2D eigenvalue weighted by Crippen LogP contribution is -2.30. The lowest BCUT2D eigenvalue weighted by molar-refractivity contribution is -0.140. The number of alkyl halides is 3. The minimum absolute atomic E-state index is 0.164. The van der Waals surface area contributed by atoms with E-state index in [2.05, 4.69) is 5.32 Å². The fourth-order valence-corrected chi connectivity index (χ4v) is 4.39. The number of amides is 2. The van der Waals surface area contributed by atoms with Gasteiger partial charge in [-0.05, 0) is 36.2 Å². The minimum atomic E-state index is -4.77. The van der Waals surface area contributed by atoms with Gasteiger partial charge in [0.25, 0.3) is 0 Å². The Morgan fingerprint density at radius 1 is 1.26 bits per heavy atom. The van der Waals surface area contributed by atoms with Gasteiger partial charge in [0.15, 0.2) is 0 Å². The van der Waals surface area contributed by atoms with E-state index in [4.69, 9.17) is 4.74 Å². The predicted octanol–water partition coefficient (Wildman–Crippen LogP) is 4.85. The summed E-state index contributed by atoms with van der Waals surface area (Å²) in [4.78, 5) is 24.9. The normalized spacial score (nSPS) is 16.5. The Hall–Kier alpha value is -2.75. The highest BCUT2D eigenvalue weighted by Crippen LogP contribution is 2.40. The van der Waals surface area contributed by atoms with Crippen molar-refractivity contribution in [3.8, 4) is 5.75 Å². The average Bonchev–Trinajstić information content (AvgIpc) is 3.04. The molecule has 1 N–H and O–H groups in total. The Labute approximate surface area is 180 Å². The summed E-state index contributed by atoms with van der Waals surface area (Å²) in [6, 6.07) is 9.62. The van der Waals surface area contributed by atoms with Crippen LogP contribution >= 0.6 is 11.8 Å². The second-order valence-corrected chi connectivity index (χ2v) is 7.97. The van der Waals surface area contributed by atoms with Crippen LogP contribution in [0.4, 0.5) is 23.2 Å². The van der Waals surface area contributed by atoms with Crippen LogP contribution in [0.1, 0.15) is 29.8 Å². The van der Waals surface area contributed by atoms with Gasteiger partial charge in [0.05, 0.1) is 17.9 Å². The lowest BCUT2D eigenvalue weighted by Gasteiger charge is -2.24. The molecular formula is C21H20F4N2O3S. The standard InChI is InChI=1S/C21H20F4N2O3S/c1-13(28)26-15-4-2-5-16(11-15)30-9-3-8-27-19(29)12-31-20(27)14-6-7-17(18(22)10-14)21(23,24)25/h2,4-7,10-11,20H,3,8-9,12H2,1H3,(H,26,28). The van der Waals surface area contributed by atoms with Crippen LogP contribution in [-0.2, 0) is 15.8 Å². The van der Waals surface area contributed by atoms with Crippen molar-refractivity contribution in [2.45, 2.75) is 24.9 Å². The first-order valence-electron chi connectivity index (χ1n) is 9.43. The molecule has 1 aliphatic rings. The zero-order valence-electron chi connectivity index (χ0n) is 16.5. The molecule has 0 radical (unpaired) electrons. The number of anilines is 1. The molecule has 31 heavy (non-hydrogen) atoms. The van der Waals surface area contributed by atoms with Crippen molar-refractivity contribution in [3.63, 3.8) is 0 Å². The van der Waals surface area contributed by atoms with Crippen molar-refractivity contribution >= 4 is 29.3 Å². The molecule has 3 rings (SSSR count). The van der Waals surface area contributed by atoms with Crippen LogP contribution in [0.15, 0.2) is 42.5 Å². The van der Waals surface area contributed by atoms with Gasteiger partial charge in [-0.25, -0.2) is 4.39 Å². The Balaban J connectivity index is 1.59. The van der Waals surface area contributed by atoms with Gasteiger partial charge < -0.3 is 15.0 Å². The number of halogens is 4. The Morgan fingerprint density at radius 2 is 2.03 bits per heavy atom. The first-order chi connectivity index (χ1) is 14.6. The van der Waals surface area contributed by atoms with Crippen LogP contribution in [0.2, 0.25) is 0 Å². The SMILES string of the molecule is CC(=O)Nc1cccc(OCCCN2C(=O)CSC2c2ccc(C(F)(F)F)c(F)c2)c1. The maximum atomic E-state index is 14.0. The molecule has 1 aliphatic heterocycles. The summed E-state index contributed by atoms with van der Waals surface area (Å²) in [5, 5.41) is 2.10. The van der Waals surface area contributed by atoms with Gasteiger partial charge in [-0.3, -0.25) is 9.59 Å². The number of carbonyl (C=O) groups excluding carboxylic acids is 2. The number of rotatable bonds is 7. The van der Waals surface area contributed by atoms with Gasteiger partial charge in [0.1, 0.15) is 16.9 Å². The van der Waals surface area contributed by atoms with Gasteiger partial charge in [-0.1, -0.05) is 12.1 Å². The molecule has 2 amide bonds. The molecule has 5 nitrogen and oxygen atoms in total. The summed E-state index contributed by atoms with van der Waals surface area (Å²) in [7, 11) is 0. The fraction of sp³-hybridized carbons (Fsp3) is 0.333. The summed E-state index contributed by atoms with van der Waals surface area (Å²) >= 11 is 1.24. The van der Waals surface area contributed by atoms with Crippen molar-refractivity contribution in [3.05, 3.63) is 59.4 Å². The summed E-state index contributed by atoms with van der Waals surface area (Å²) in [5.74, 6) is -0.995. The molecule has 2 aromatic rings. The first kappa shape index (κ1) is 22.9. The molecule has 1 unspecified atom stereocenters. The zero-order chi connectivity index (χ0) is 22.6. The van der Waals surface area contributed by atoms with Gasteiger partial charge in [0.2, 0.25) is 11.8 Å². The Kier molecular flexibility index (Phi) is 7.09. The maximum Gasteiger partial charge on any atom is 0.419 e. The molecule has 0 bridgehead atoms. The monoisotopic (exact) mass is 456 g/mol. The number of nitrogens with zero attached hydrogens (tertiary/aromatic N) is 1. The first-order valence-corrected chi connectivity index (χ1v) is 10.5. The maximum absolute atomic E-state index is 14.0. The molecule has 1 atom stereocenters. The number of ether oxygens (including phenoxy) is 1. The summed E-state index contributed by atoms with van der Waals surface area (Å²) in [6.45, 7) is 1.99. The Bertz CT molecular complexity index is 968. The molecule has 0 aromatic heterocycles. The second-order valence-electron chi connectivity index (χ2n) is 6.90. The third kappa shape index (κ3) is 5.90. The largest absolute Gasteiger partial charge is 0.493 e. The van der Waals surface area contributed by atoms with Crippen molar-refractivity contribution in [1.82, 2.24) is 4.90 Å². The quantitative estimate of drug-likeness (QED) is 0.478. The van der Waals surface area contributed by atoms with Crippen molar-refractivity contribution < 1.29 is 31.9 Å². The van der Waals surface area contributed by atoms with E-state index in [1.807, 2.05) is 0 Å². The van der Waals surface area contributed by atoms with Gasteiger partial charge in [-0.15, -0.1) is 11.8 Å². The summed E-state index contributed by atoms with van der Waals surface area (Å²) in [5.41, 5.74) is -0.419. The molecule has 166 valence electrons. The van der Waals surface area contributed by atoms with E-state index in [9.17, 15) is 27.2 Å². The van der Waals surface area contributed by atoms with Crippen molar-refractivity contribution in [2.24, 2.45) is 0 Å². The van der Waals surface area contributed by atoms with Crippen LogP contribution in [0.5, 0.6) is 5.75 Å². The van der Waals surface area contributed by atoms with E-state index in [1.165, 1.54) is 29.7 Å². The van der Waals surface area contributed by atoms with Gasteiger partial charge in [0, 0.05) is 25.2 Å². The molecule has 0 saturated carbocycles. The van der Waals surface area contributed by atoms with Crippen molar-refractivity contribution in [2.75, 3.05) is 24.2 Å². The van der Waals surface area contributed by atoms with E-state index in [0.717, 1.165) is 6.07 Å². The van der Waals surface area contributed by atoms with Crippen LogP contribution in [0.25, 0.3) is 0 Å². The topological polar surface area (TPSA) is 58.6 Å². The highest BCUT2D eigenvalue weighted by molar-refractivity contribution is 8.00. The number of thioether (sulfide) groups is 1. The summed E-state index contributed by atoms with van der Waals surface area (Å²) < 4.78 is 58.0. The van der Waals surface area contributed by atoms with Gasteiger partial charge >= 0.3 is 6.18 Å². The minimum Gasteiger partial charge on any atom is -0.493 e. The van der Waals surface area contributed by atoms with Crippen LogP contribution < -0.4 is 10.1 Å². The lowest BCUT2D eigenvalue weighted by atomic mass is 10.1. The zero-order valence-corrected chi connectivity index (χ0v) is 17.4. The molecule has 0 spiro atoms. The summed E-state index contributed by atoms with van der Waals surface area (Å²) in [6.07, 6.45) is -4.30. The third-order valence-electron chi connectivity index (χ3n) is 4.52. The number of nitrogens with one attached hydrogen (secondary N) is 1. The Morgan fingerprint density at radius 3 is 2.71 bits per heavy atom. The molecule has 1 fully saturated rings. The van der Waals surface area contributed by atoms with Crippen LogP contribution in [0.3, 0.4) is 0 Å². The number of carbonyl (C=O) groups is 2. The van der Waals surface area contributed by atoms with E-state index in [0.29, 0.717) is 36.0 Å². The smallest absolute Gasteiger partial charge is 0.419 e. The number of hydrogen-bond acceptors (Lipinski definition) is 4. The van der Waals surface area contributed by atoms with Crippen LogP contribution in [-0.4, -0.2) is 35.6 Å². The van der Waals surface area contributed by atoms with Crippen LogP contribution in [0, 0.1) is 5.82 Å². The van der Waals surface area contributed by atoms with E-state index < -0.39 is 22.9 Å². The molecule has 10 heteroatoms. The molecule has 1 saturated heterocycles. The highest BCUT2D eigenvalue weighted by Gasteiger charge is 2.36. The molecule has 2 aromatic carbocycles. The molecule has 0 aliphatic carbocycles. The van der Waals surface area contributed by atoms with E-state index >= 15 is 0 Å². The second kappa shape index (κ2) is 9.59. The number of benzene rings is 2. The fourth-order valence-electron chi connectivity index (χ4n) is 3.18. The highest BCUT2D eigenvalue weighted by atomic mass is 32.2. The van der Waals surface area contributed by atoms with Gasteiger partial charge in [-0.2, -0.15) is 13.2 Å². The molecular weight excluding hydrogens is 436 g/mol. The predicted molar refractivity (Wildman–Crippen MR) is 109 cm³/mol. The molecule has 1 heterocycles. The third-order valence-corrected chi connectivity index (χ3v) is 5.77. The van der Waals surface area contributed by atoms with E-state index in [-0.39, 0.29) is 24.2 Å². The number of hydrogen-bond donors (Lipinski definition) is 1. The van der Waals surface area contributed by atoms with Crippen molar-refractivity contribution in [1.29, 1.82) is 0 Å². The average molecular weight is 456 g/mol. The van der Waals surface area contributed by atoms with E-state index in [1.54, 1.807) is 24.3 Å².